The minimum atomic E-state index is -4.83. The van der Waals surface area contributed by atoms with Crippen molar-refractivity contribution in [1.82, 2.24) is 45.3 Å². The fourth-order valence-corrected chi connectivity index (χ4v) is 7.81. The van der Waals surface area contributed by atoms with Gasteiger partial charge in [0.2, 0.25) is 5.91 Å². The van der Waals surface area contributed by atoms with Crippen LogP contribution in [0.3, 0.4) is 0 Å². The molecule has 2 fully saturated rings. The Hall–Kier alpha value is -5.46. The molecule has 1 atom stereocenters. The molecule has 0 bridgehead atoms. The Morgan fingerprint density at radius 3 is 2.27 bits per heavy atom. The summed E-state index contributed by atoms with van der Waals surface area (Å²) in [5.41, 5.74) is 4.12. The zero-order valence-electron chi connectivity index (χ0n) is 33.3. The van der Waals surface area contributed by atoms with Gasteiger partial charge in [-0.2, -0.15) is 17.9 Å². The summed E-state index contributed by atoms with van der Waals surface area (Å²) in [5, 5.41) is 11.7. The molecule has 18 heteroatoms. The second-order valence-corrected chi connectivity index (χ2v) is 14.8. The van der Waals surface area contributed by atoms with Crippen molar-refractivity contribution in [1.29, 1.82) is 0 Å². The Labute approximate surface area is 340 Å². The van der Waals surface area contributed by atoms with Crippen LogP contribution in [0.4, 0.5) is 17.6 Å². The fourth-order valence-electron chi connectivity index (χ4n) is 7.81. The quantitative estimate of drug-likeness (QED) is 0.136. The minimum absolute atomic E-state index is 0.0131. The number of likely N-dealkylation sites (tertiary alicyclic amines) is 1. The third-order valence-corrected chi connectivity index (χ3v) is 11.1. The van der Waals surface area contributed by atoms with Crippen molar-refractivity contribution in [3.63, 3.8) is 0 Å². The van der Waals surface area contributed by atoms with Crippen LogP contribution in [0.25, 0.3) is 5.69 Å². The molecule has 2 aliphatic rings. The number of amides is 2. The van der Waals surface area contributed by atoms with Gasteiger partial charge in [-0.15, -0.1) is 5.10 Å². The number of esters is 1. The Bertz CT molecular complexity index is 2030. The molecule has 0 aliphatic carbocycles. The number of nitrogens with zero attached hydrogens (tertiary/aromatic N) is 8. The number of alkyl halides is 3. The van der Waals surface area contributed by atoms with E-state index in [1.54, 1.807) is 26.1 Å². The van der Waals surface area contributed by atoms with Crippen LogP contribution in [0.15, 0.2) is 72.8 Å². The summed E-state index contributed by atoms with van der Waals surface area (Å²) in [6, 6.07) is 19.9. The third-order valence-electron chi connectivity index (χ3n) is 11.1. The van der Waals surface area contributed by atoms with Gasteiger partial charge in [-0.05, 0) is 97.7 Å². The summed E-state index contributed by atoms with van der Waals surface area (Å²) in [5.74, 6) is -2.67. The number of hydrogen-bond acceptors (Lipinski definition) is 11. The standard InChI is InChI=1S/C41H49F4N9O5/c1-4-59-36(55)28-52-22-24-53(25-23-52)47-39(57)40(31-8-6-5-7-9-31)17-20-51(21-18-40)19-16-30(29-10-12-32(42)13-11-29)27-50(2)37(56)34-26-33(14-15-35(34)58-3)54-38(41(43,44)45)46-48-49-54/h5-15,26,30H,4,16-25,27-28H2,1-3H3,(H,47,57)/t30-/m1/s1. The molecular formula is C41H49F4N9O5. The van der Waals surface area contributed by atoms with Crippen LogP contribution in [0.1, 0.15) is 59.4 Å². The zero-order valence-corrected chi connectivity index (χ0v) is 33.3. The first kappa shape index (κ1) is 43.1. The van der Waals surface area contributed by atoms with Gasteiger partial charge < -0.3 is 19.3 Å². The smallest absolute Gasteiger partial charge is 0.453 e. The number of hydrazine groups is 1. The van der Waals surface area contributed by atoms with Gasteiger partial charge in [-0.25, -0.2) is 9.40 Å². The summed E-state index contributed by atoms with van der Waals surface area (Å²) < 4.78 is 65.9. The average molecular weight is 824 g/mol. The summed E-state index contributed by atoms with van der Waals surface area (Å²) in [6.45, 7) is 6.78. The Morgan fingerprint density at radius 1 is 0.932 bits per heavy atom. The van der Waals surface area contributed by atoms with Crippen LogP contribution in [-0.4, -0.2) is 137 Å². The van der Waals surface area contributed by atoms with Gasteiger partial charge in [-0.1, -0.05) is 42.5 Å². The normalized spacial score (nSPS) is 16.9. The van der Waals surface area contributed by atoms with Crippen molar-refractivity contribution in [2.24, 2.45) is 0 Å². The summed E-state index contributed by atoms with van der Waals surface area (Å²) in [6.07, 6.45) is -3.11. The lowest BCUT2D eigenvalue weighted by Crippen LogP contribution is -2.59. The number of ether oxygens (including phenoxy) is 2. The molecule has 6 rings (SSSR count). The number of aromatic nitrogens is 4. The minimum Gasteiger partial charge on any atom is -0.496 e. The van der Waals surface area contributed by atoms with E-state index < -0.39 is 29.1 Å². The Morgan fingerprint density at radius 2 is 1.63 bits per heavy atom. The molecule has 4 aromatic rings. The number of halogens is 4. The van der Waals surface area contributed by atoms with Crippen molar-refractivity contribution in [3.8, 4) is 11.4 Å². The van der Waals surface area contributed by atoms with E-state index in [9.17, 15) is 31.9 Å². The van der Waals surface area contributed by atoms with Crippen molar-refractivity contribution < 1.29 is 41.4 Å². The molecule has 59 heavy (non-hydrogen) atoms. The highest BCUT2D eigenvalue weighted by Crippen LogP contribution is 2.37. The number of hydrogen-bond donors (Lipinski definition) is 1. The van der Waals surface area contributed by atoms with E-state index in [2.05, 4.69) is 25.9 Å². The van der Waals surface area contributed by atoms with Gasteiger partial charge in [0, 0.05) is 45.7 Å². The summed E-state index contributed by atoms with van der Waals surface area (Å²) in [4.78, 5) is 46.0. The van der Waals surface area contributed by atoms with Gasteiger partial charge in [0.25, 0.3) is 11.7 Å². The van der Waals surface area contributed by atoms with Crippen LogP contribution < -0.4 is 10.2 Å². The van der Waals surface area contributed by atoms with Crippen LogP contribution >= 0.6 is 0 Å². The maximum Gasteiger partial charge on any atom is 0.453 e. The fraction of sp³-hybridized carbons (Fsp3) is 0.463. The maximum atomic E-state index is 14.2. The molecule has 14 nitrogen and oxygen atoms in total. The topological polar surface area (TPSA) is 138 Å². The molecule has 3 heterocycles. The van der Waals surface area contributed by atoms with Gasteiger partial charge in [0.05, 0.1) is 36.9 Å². The highest BCUT2D eigenvalue weighted by Gasteiger charge is 2.44. The van der Waals surface area contributed by atoms with Crippen molar-refractivity contribution >= 4 is 17.8 Å². The predicted molar refractivity (Wildman–Crippen MR) is 208 cm³/mol. The number of tetrazole rings is 1. The van der Waals surface area contributed by atoms with Crippen LogP contribution in [0.2, 0.25) is 0 Å². The van der Waals surface area contributed by atoms with Crippen molar-refractivity contribution in [2.45, 2.75) is 43.7 Å². The van der Waals surface area contributed by atoms with E-state index in [0.29, 0.717) is 76.4 Å². The molecule has 1 aromatic heterocycles. The SMILES string of the molecule is CCOC(=O)CN1CCN(NC(=O)C2(c3ccccc3)CCN(CC[C@H](CN(C)C(=O)c3cc(-n4nnnc4C(F)(F)F)ccc3OC)c3ccc(F)cc3)CC2)CC1. The molecule has 0 radical (unpaired) electrons. The van der Waals surface area contributed by atoms with E-state index in [4.69, 9.17) is 9.47 Å². The predicted octanol–water partition coefficient (Wildman–Crippen LogP) is 4.32. The van der Waals surface area contributed by atoms with E-state index in [1.165, 1.54) is 42.3 Å². The molecule has 0 spiro atoms. The summed E-state index contributed by atoms with van der Waals surface area (Å²) in [7, 11) is 2.95. The first-order valence-electron chi connectivity index (χ1n) is 19.6. The monoisotopic (exact) mass is 823 g/mol. The van der Waals surface area contributed by atoms with E-state index in [-0.39, 0.29) is 47.9 Å². The third kappa shape index (κ3) is 10.4. The molecular weight excluding hydrogens is 775 g/mol. The number of piperazine rings is 1. The van der Waals surface area contributed by atoms with Crippen molar-refractivity contribution in [2.75, 3.05) is 79.7 Å². The van der Waals surface area contributed by atoms with Crippen molar-refractivity contribution in [3.05, 3.63) is 101 Å². The number of carbonyl (C=O) groups excluding carboxylic acids is 3. The Balaban J connectivity index is 1.13. The number of rotatable bonds is 15. The number of carbonyl (C=O) groups is 3. The Kier molecular flexibility index (Phi) is 13.9. The molecule has 3 aromatic carbocycles. The second kappa shape index (κ2) is 19.1. The highest BCUT2D eigenvalue weighted by atomic mass is 19.4. The zero-order chi connectivity index (χ0) is 42.2. The number of likely N-dealkylation sites (N-methyl/N-ethyl adjacent to an activating group) is 1. The van der Waals surface area contributed by atoms with E-state index in [0.717, 1.165) is 11.1 Å². The molecule has 2 saturated heterocycles. The van der Waals surface area contributed by atoms with Gasteiger partial charge in [0.1, 0.15) is 11.6 Å². The second-order valence-electron chi connectivity index (χ2n) is 14.8. The maximum absolute atomic E-state index is 14.2. The van der Waals surface area contributed by atoms with Crippen LogP contribution in [0.5, 0.6) is 5.75 Å². The van der Waals surface area contributed by atoms with Crippen LogP contribution in [0, 0.1) is 5.82 Å². The van der Waals surface area contributed by atoms with Gasteiger partial charge in [0.15, 0.2) is 0 Å². The first-order chi connectivity index (χ1) is 28.3. The molecule has 0 unspecified atom stereocenters. The number of piperidine rings is 1. The lowest BCUT2D eigenvalue weighted by atomic mass is 9.72. The lowest BCUT2D eigenvalue weighted by molar-refractivity contribution is -0.147. The molecule has 316 valence electrons. The number of nitrogens with one attached hydrogen (secondary N) is 1. The van der Waals surface area contributed by atoms with E-state index in [1.807, 2.05) is 40.2 Å². The van der Waals surface area contributed by atoms with Gasteiger partial charge >= 0.3 is 12.1 Å². The number of methoxy groups -OCH3 is 1. The highest BCUT2D eigenvalue weighted by molar-refractivity contribution is 5.97. The number of benzene rings is 3. The molecule has 2 aliphatic heterocycles. The van der Waals surface area contributed by atoms with E-state index >= 15 is 0 Å². The molecule has 0 saturated carbocycles. The molecule has 2 amide bonds. The van der Waals surface area contributed by atoms with Gasteiger partial charge in [-0.3, -0.25) is 24.7 Å². The molecule has 1 N–H and O–H groups in total. The lowest BCUT2D eigenvalue weighted by Gasteiger charge is -2.43. The largest absolute Gasteiger partial charge is 0.496 e. The summed E-state index contributed by atoms with van der Waals surface area (Å²) >= 11 is 0. The van der Waals surface area contributed by atoms with Crippen LogP contribution in [-0.2, 0) is 25.9 Å². The first-order valence-corrected chi connectivity index (χ1v) is 19.6. The average Bonchev–Trinajstić information content (AvgIpc) is 3.75.